The van der Waals surface area contributed by atoms with Gasteiger partial charge in [-0.15, -0.1) is 11.8 Å². The van der Waals surface area contributed by atoms with E-state index in [9.17, 15) is 18.0 Å². The predicted octanol–water partition coefficient (Wildman–Crippen LogP) is 5.67. The molecule has 0 unspecified atom stereocenters. The molecule has 51 heavy (non-hydrogen) atoms. The second kappa shape index (κ2) is 17.1. The molecule has 1 aliphatic rings. The first-order chi connectivity index (χ1) is 24.4. The van der Waals surface area contributed by atoms with E-state index in [-0.39, 0.29) is 22.4 Å². The van der Waals surface area contributed by atoms with Crippen LogP contribution in [-0.4, -0.2) is 103 Å². The van der Waals surface area contributed by atoms with Gasteiger partial charge in [-0.25, -0.2) is 13.1 Å². The first kappa shape index (κ1) is 37.7. The molecule has 4 aromatic rings. The maximum atomic E-state index is 13.3. The Kier molecular flexibility index (Phi) is 12.7. The molecule has 0 saturated carbocycles. The summed E-state index contributed by atoms with van der Waals surface area (Å²) in [5.74, 6) is 0.169. The summed E-state index contributed by atoms with van der Waals surface area (Å²) in [5, 5.41) is 3.62. The van der Waals surface area contributed by atoms with Gasteiger partial charge < -0.3 is 24.9 Å². The van der Waals surface area contributed by atoms with Crippen LogP contribution in [-0.2, 0) is 10.0 Å². The van der Waals surface area contributed by atoms with E-state index in [4.69, 9.17) is 0 Å². The second-order valence-electron chi connectivity index (χ2n) is 13.2. The van der Waals surface area contributed by atoms with Crippen LogP contribution >= 0.6 is 11.8 Å². The number of anilines is 3. The number of sulfonamides is 1. The Balaban J connectivity index is 1.16. The Morgan fingerprint density at radius 1 is 0.824 bits per heavy atom. The number of benzene rings is 4. The molecule has 4 aromatic carbocycles. The molecule has 2 N–H and O–H groups in total. The van der Waals surface area contributed by atoms with Crippen LogP contribution in [0.25, 0.3) is 0 Å². The molecule has 0 spiro atoms. The fourth-order valence-corrected chi connectivity index (χ4v) is 7.89. The van der Waals surface area contributed by atoms with Crippen molar-refractivity contribution >= 4 is 50.7 Å². The summed E-state index contributed by atoms with van der Waals surface area (Å²) >= 11 is 1.79. The van der Waals surface area contributed by atoms with E-state index in [1.54, 1.807) is 36.0 Å². The first-order valence-corrected chi connectivity index (χ1v) is 19.5. The van der Waals surface area contributed by atoms with Gasteiger partial charge in [-0.05, 0) is 112 Å². The maximum absolute atomic E-state index is 13.3. The molecular weight excluding hydrogens is 681 g/mol. The lowest BCUT2D eigenvalue weighted by Crippen LogP contribution is -2.48. The lowest BCUT2D eigenvalue weighted by Gasteiger charge is -2.36. The van der Waals surface area contributed by atoms with Crippen molar-refractivity contribution < 1.29 is 18.0 Å². The lowest BCUT2D eigenvalue weighted by atomic mass is 10.1. The zero-order valence-electron chi connectivity index (χ0n) is 30.0. The molecule has 0 radical (unpaired) electrons. The van der Waals surface area contributed by atoms with Gasteiger partial charge in [0, 0.05) is 85.2 Å². The summed E-state index contributed by atoms with van der Waals surface area (Å²) < 4.78 is 28.8. The Labute approximate surface area is 306 Å². The number of piperazine rings is 1. The highest BCUT2D eigenvalue weighted by atomic mass is 32.2. The number of nitrogens with one attached hydrogen (secondary N) is 2. The molecule has 0 aliphatic carbocycles. The zero-order chi connectivity index (χ0) is 36.5. The SMILES string of the molecule is Cc1cc(S(=O)(=O)NC(=O)c2ccc(N3CCN(C(=O)c4cccc(N(C)C)c4)CC3)cc2)ccc1N[C@H](CCN(C)C)CSc1ccccc1. The van der Waals surface area contributed by atoms with Crippen molar-refractivity contribution in [1.29, 1.82) is 0 Å². The van der Waals surface area contributed by atoms with E-state index >= 15 is 0 Å². The Bertz CT molecular complexity index is 1890. The number of rotatable bonds is 14. The van der Waals surface area contributed by atoms with Gasteiger partial charge >= 0.3 is 0 Å². The van der Waals surface area contributed by atoms with Crippen molar-refractivity contribution in [1.82, 2.24) is 14.5 Å². The van der Waals surface area contributed by atoms with Crippen molar-refractivity contribution in [2.24, 2.45) is 0 Å². The quantitative estimate of drug-likeness (QED) is 0.159. The Morgan fingerprint density at radius 2 is 1.53 bits per heavy atom. The lowest BCUT2D eigenvalue weighted by molar-refractivity contribution is 0.0746. The number of aryl methyl sites for hydroxylation is 1. The van der Waals surface area contributed by atoms with Crippen molar-refractivity contribution in [2.45, 2.75) is 29.2 Å². The molecule has 1 aliphatic heterocycles. The Morgan fingerprint density at radius 3 is 2.18 bits per heavy atom. The third-order valence-corrected chi connectivity index (χ3v) is 11.4. The minimum absolute atomic E-state index is 0.00908. The molecule has 2 amide bonds. The highest BCUT2D eigenvalue weighted by Gasteiger charge is 2.24. The van der Waals surface area contributed by atoms with E-state index in [0.29, 0.717) is 31.7 Å². The monoisotopic (exact) mass is 728 g/mol. The summed E-state index contributed by atoms with van der Waals surface area (Å²) in [7, 11) is 3.89. The van der Waals surface area contributed by atoms with Crippen LogP contribution in [0.1, 0.15) is 32.7 Å². The minimum Gasteiger partial charge on any atom is -0.381 e. The molecule has 12 heteroatoms. The zero-order valence-corrected chi connectivity index (χ0v) is 31.6. The fourth-order valence-electron chi connectivity index (χ4n) is 5.84. The summed E-state index contributed by atoms with van der Waals surface area (Å²) in [6, 6.07) is 29.8. The minimum atomic E-state index is -4.11. The highest BCUT2D eigenvalue weighted by Crippen LogP contribution is 2.25. The van der Waals surface area contributed by atoms with Gasteiger partial charge in [-0.2, -0.15) is 0 Å². The summed E-state index contributed by atoms with van der Waals surface area (Å²) in [4.78, 5) is 35.6. The molecule has 1 saturated heterocycles. The van der Waals surface area contributed by atoms with Gasteiger partial charge in [0.25, 0.3) is 21.8 Å². The standard InChI is InChI=1S/C39H48N6O4S2/c1-29-26-36(18-19-37(29)40-32(20-21-42(2)3)28-50-35-12-7-6-8-13-35)51(48,49)41-38(46)30-14-16-33(17-15-30)44-22-24-45(25-23-44)39(47)31-10-9-11-34(27-31)43(4)5/h6-19,26-27,32,40H,20-25,28H2,1-5H3,(H,41,46)/t32-/m1/s1. The highest BCUT2D eigenvalue weighted by molar-refractivity contribution is 7.99. The molecular formula is C39H48N6O4S2. The van der Waals surface area contributed by atoms with Crippen LogP contribution in [0.5, 0.6) is 0 Å². The third kappa shape index (κ3) is 10.3. The number of carbonyl (C=O) groups excluding carboxylic acids is 2. The number of amides is 2. The smallest absolute Gasteiger partial charge is 0.264 e. The van der Waals surface area contributed by atoms with Crippen LogP contribution < -0.4 is 19.8 Å². The summed E-state index contributed by atoms with van der Waals surface area (Å²) in [6.07, 6.45) is 0.920. The van der Waals surface area contributed by atoms with E-state index in [0.717, 1.165) is 41.3 Å². The number of carbonyl (C=O) groups is 2. The molecule has 10 nitrogen and oxygen atoms in total. The van der Waals surface area contributed by atoms with Crippen molar-refractivity contribution in [3.8, 4) is 0 Å². The van der Waals surface area contributed by atoms with Crippen molar-refractivity contribution in [3.05, 3.63) is 114 Å². The molecule has 270 valence electrons. The van der Waals surface area contributed by atoms with Gasteiger partial charge in [-0.3, -0.25) is 9.59 Å². The van der Waals surface area contributed by atoms with Gasteiger partial charge in [0.15, 0.2) is 0 Å². The van der Waals surface area contributed by atoms with Crippen LogP contribution in [0.15, 0.2) is 107 Å². The van der Waals surface area contributed by atoms with Crippen LogP contribution in [0, 0.1) is 6.92 Å². The third-order valence-electron chi connectivity index (χ3n) is 8.89. The van der Waals surface area contributed by atoms with Gasteiger partial charge in [-0.1, -0.05) is 24.3 Å². The van der Waals surface area contributed by atoms with Crippen LogP contribution in [0.3, 0.4) is 0 Å². The van der Waals surface area contributed by atoms with Gasteiger partial charge in [0.1, 0.15) is 0 Å². The fraction of sp³-hybridized carbons (Fsp3) is 0.333. The number of hydrogen-bond donors (Lipinski definition) is 2. The van der Waals surface area contributed by atoms with Crippen LogP contribution in [0.2, 0.25) is 0 Å². The number of hydrogen-bond acceptors (Lipinski definition) is 9. The first-order valence-electron chi connectivity index (χ1n) is 17.1. The largest absolute Gasteiger partial charge is 0.381 e. The Hall–Kier alpha value is -4.52. The number of thioether (sulfide) groups is 1. The van der Waals surface area contributed by atoms with Gasteiger partial charge in [0.05, 0.1) is 4.90 Å². The van der Waals surface area contributed by atoms with Crippen molar-refractivity contribution in [2.75, 3.05) is 81.8 Å². The second-order valence-corrected chi connectivity index (χ2v) is 16.0. The van der Waals surface area contributed by atoms with Crippen molar-refractivity contribution in [3.63, 3.8) is 0 Å². The molecule has 0 aromatic heterocycles. The van der Waals surface area contributed by atoms with E-state index in [2.05, 4.69) is 46.1 Å². The maximum Gasteiger partial charge on any atom is 0.264 e. The molecule has 1 fully saturated rings. The van der Waals surface area contributed by atoms with E-state index < -0.39 is 15.9 Å². The molecule has 1 atom stereocenters. The molecule has 0 bridgehead atoms. The average molecular weight is 729 g/mol. The summed E-state index contributed by atoms with van der Waals surface area (Å²) in [6.45, 7) is 5.21. The average Bonchev–Trinajstić information content (AvgIpc) is 3.13. The van der Waals surface area contributed by atoms with Gasteiger partial charge in [0.2, 0.25) is 0 Å². The van der Waals surface area contributed by atoms with E-state index in [1.807, 2.05) is 85.4 Å². The molecule has 5 rings (SSSR count). The summed E-state index contributed by atoms with van der Waals surface area (Å²) in [5.41, 5.74) is 4.43. The number of nitrogens with zero attached hydrogens (tertiary/aromatic N) is 4. The van der Waals surface area contributed by atoms with E-state index in [1.165, 1.54) is 11.0 Å². The predicted molar refractivity (Wildman–Crippen MR) is 209 cm³/mol. The molecule has 1 heterocycles. The topological polar surface area (TPSA) is 105 Å². The van der Waals surface area contributed by atoms with Crippen LogP contribution in [0.4, 0.5) is 17.1 Å². The normalized spacial score (nSPS) is 13.9.